The first-order valence-corrected chi connectivity index (χ1v) is 12.5. The largest absolute Gasteiger partial charge is 0.430 e. The van der Waals surface area contributed by atoms with E-state index in [4.69, 9.17) is 23.8 Å². The van der Waals surface area contributed by atoms with Crippen molar-refractivity contribution in [2.75, 3.05) is 20.8 Å². The average molecular weight is 592 g/mol. The highest BCUT2D eigenvalue weighted by atomic mass is 19.4. The van der Waals surface area contributed by atoms with Gasteiger partial charge in [-0.15, -0.1) is 0 Å². The highest BCUT2D eigenvalue weighted by Gasteiger charge is 2.71. The normalized spacial score (nSPS) is 24.3. The molecule has 5 atom stereocenters. The lowest BCUT2D eigenvalue weighted by atomic mass is 9.91. The summed E-state index contributed by atoms with van der Waals surface area (Å²) in [5.41, 5.74) is -4.58. The minimum atomic E-state index is -5.94. The second-order valence-electron chi connectivity index (χ2n) is 9.20. The molecule has 1 saturated heterocycles. The van der Waals surface area contributed by atoms with Crippen LogP contribution < -0.4 is 0 Å². The molecule has 41 heavy (non-hydrogen) atoms. The lowest BCUT2D eigenvalue weighted by molar-refractivity contribution is -0.376. The van der Waals surface area contributed by atoms with Gasteiger partial charge < -0.3 is 28.9 Å². The minimum absolute atomic E-state index is 0.329. The van der Waals surface area contributed by atoms with Crippen LogP contribution in [0.3, 0.4) is 0 Å². The molecule has 0 aliphatic carbocycles. The molecule has 0 spiro atoms. The van der Waals surface area contributed by atoms with Gasteiger partial charge in [-0.3, -0.25) is 0 Å². The van der Waals surface area contributed by atoms with Gasteiger partial charge in [0.05, 0.1) is 12.3 Å². The van der Waals surface area contributed by atoms with Crippen LogP contribution in [0.15, 0.2) is 53.7 Å². The van der Waals surface area contributed by atoms with Gasteiger partial charge >= 0.3 is 12.4 Å². The summed E-state index contributed by atoms with van der Waals surface area (Å²) in [5, 5.41) is 13.5. The lowest BCUT2D eigenvalue weighted by Gasteiger charge is -2.42. The van der Waals surface area contributed by atoms with Crippen molar-refractivity contribution >= 4 is 18.4 Å². The molecule has 0 aromatic heterocycles. The summed E-state index contributed by atoms with van der Waals surface area (Å²) < 4.78 is 101. The van der Waals surface area contributed by atoms with Gasteiger partial charge in [-0.05, 0) is 30.5 Å². The molecule has 3 rings (SSSR count). The molecule has 0 saturated carbocycles. The van der Waals surface area contributed by atoms with E-state index in [1.165, 1.54) is 19.4 Å². The van der Waals surface area contributed by atoms with Gasteiger partial charge in [0, 0.05) is 26.4 Å². The van der Waals surface area contributed by atoms with Gasteiger partial charge in [-0.1, -0.05) is 65.8 Å². The molecule has 13 heteroatoms. The molecule has 1 fully saturated rings. The molecule has 1 aliphatic rings. The maximum Gasteiger partial charge on any atom is 0.430 e. The number of rotatable bonds is 10. The highest BCUT2D eigenvalue weighted by molar-refractivity contribution is 5.80. The second kappa shape index (κ2) is 13.3. The number of aliphatic hydroxyl groups is 1. The zero-order chi connectivity index (χ0) is 30.4. The Hall–Kier alpha value is -2.97. The van der Waals surface area contributed by atoms with Crippen molar-refractivity contribution < 1.29 is 55.2 Å². The van der Waals surface area contributed by atoms with E-state index in [9.17, 15) is 31.4 Å². The molecule has 0 amide bonds. The Labute approximate surface area is 233 Å². The number of ether oxygens (including phenoxy) is 4. The van der Waals surface area contributed by atoms with Crippen molar-refractivity contribution in [1.82, 2.24) is 0 Å². The minimum Gasteiger partial charge on any atom is -0.376 e. The van der Waals surface area contributed by atoms with Crippen LogP contribution in [0.4, 0.5) is 26.3 Å². The Bertz CT molecular complexity index is 1150. The van der Waals surface area contributed by atoms with Crippen LogP contribution in [-0.2, 0) is 29.4 Å². The van der Waals surface area contributed by atoms with E-state index in [2.05, 4.69) is 5.16 Å². The van der Waals surface area contributed by atoms with E-state index in [-0.39, 0.29) is 12.2 Å². The Morgan fingerprint density at radius 3 is 1.76 bits per heavy atom. The number of hydrogen-bond donors (Lipinski definition) is 1. The molecule has 1 N–H and O–H groups in total. The van der Waals surface area contributed by atoms with Crippen LogP contribution in [0.25, 0.3) is 12.2 Å². The summed E-state index contributed by atoms with van der Waals surface area (Å²) >= 11 is 0. The molecule has 1 aliphatic heterocycles. The van der Waals surface area contributed by atoms with E-state index in [0.29, 0.717) is 35.4 Å². The van der Waals surface area contributed by atoms with Gasteiger partial charge in [-0.2, -0.15) is 26.3 Å². The van der Waals surface area contributed by atoms with Gasteiger partial charge in [0.15, 0.2) is 6.10 Å². The topological polar surface area (TPSA) is 78.7 Å². The van der Waals surface area contributed by atoms with Crippen molar-refractivity contribution in [3.05, 3.63) is 70.8 Å². The molecule has 0 radical (unpaired) electrons. The molecule has 226 valence electrons. The number of halogens is 6. The molecule has 0 bridgehead atoms. The summed E-state index contributed by atoms with van der Waals surface area (Å²) in [6.45, 7) is 4.13. The highest BCUT2D eigenvalue weighted by Crippen LogP contribution is 2.50. The summed E-state index contributed by atoms with van der Waals surface area (Å²) in [7, 11) is 3.07. The summed E-state index contributed by atoms with van der Waals surface area (Å²) in [4.78, 5) is 5.56. The molecular formula is C28H31F6NO6. The lowest BCUT2D eigenvalue weighted by Crippen LogP contribution is -2.59. The predicted octanol–water partition coefficient (Wildman–Crippen LogP) is 5.70. The van der Waals surface area contributed by atoms with Crippen LogP contribution in [0.1, 0.15) is 36.1 Å². The van der Waals surface area contributed by atoms with Crippen molar-refractivity contribution in [2.45, 2.75) is 62.5 Å². The quantitative estimate of drug-likeness (QED) is 0.165. The number of oxime groups is 1. The third kappa shape index (κ3) is 7.28. The van der Waals surface area contributed by atoms with Crippen molar-refractivity contribution in [1.29, 1.82) is 0 Å². The first-order chi connectivity index (χ1) is 19.3. The Kier molecular flexibility index (Phi) is 10.6. The zero-order valence-electron chi connectivity index (χ0n) is 22.6. The number of methoxy groups -OCH3 is 2. The van der Waals surface area contributed by atoms with Gasteiger partial charge in [0.1, 0.15) is 12.2 Å². The van der Waals surface area contributed by atoms with Gasteiger partial charge in [0.2, 0.25) is 0 Å². The number of benzene rings is 2. The molecule has 7 nitrogen and oxygen atoms in total. The fraction of sp³-hybridized carbons (Fsp3) is 0.464. The number of nitrogens with zero attached hydrogens (tertiary/aromatic N) is 1. The smallest absolute Gasteiger partial charge is 0.376 e. The summed E-state index contributed by atoms with van der Waals surface area (Å²) in [6.07, 6.45) is -9.85. The molecule has 1 heterocycles. The van der Waals surface area contributed by atoms with Crippen LogP contribution in [0, 0.1) is 0 Å². The Balaban J connectivity index is 1.64. The molecule has 2 aromatic rings. The first kappa shape index (κ1) is 32.5. The standard InChI is InChI=1S/C28H31F6NO6/c1-5-39-23-22(37-3)17(2)40-25(24(23)38-4)41-35-16-20-10-8-18(9-11-20)6-7-19-12-14-21(15-13-19)26(36,27(29,30)31)28(32,33)34/h6-17,22-25,36H,5H2,1-4H3/b7-6+,35-16+/t17-,22-,23+,24+,25-/m0/s1. The monoisotopic (exact) mass is 591 g/mol. The fourth-order valence-electron chi connectivity index (χ4n) is 4.37. The molecular weight excluding hydrogens is 560 g/mol. The summed E-state index contributed by atoms with van der Waals surface area (Å²) in [6, 6.07) is 10.2. The Morgan fingerprint density at radius 1 is 0.805 bits per heavy atom. The van der Waals surface area contributed by atoms with Crippen molar-refractivity contribution in [3.8, 4) is 0 Å². The van der Waals surface area contributed by atoms with E-state index >= 15 is 0 Å². The van der Waals surface area contributed by atoms with E-state index < -0.39 is 42.0 Å². The summed E-state index contributed by atoms with van der Waals surface area (Å²) in [5.74, 6) is 0. The maximum atomic E-state index is 13.1. The third-order valence-corrected chi connectivity index (χ3v) is 6.55. The van der Waals surface area contributed by atoms with Crippen LogP contribution in [0.2, 0.25) is 0 Å². The van der Waals surface area contributed by atoms with E-state index in [0.717, 1.165) is 12.1 Å². The predicted molar refractivity (Wildman–Crippen MR) is 138 cm³/mol. The SMILES string of the molecule is CCO[C@@H]1[C@@H](OC)[C@H](C)O[C@@H](O/N=C/c2ccc(/C=C/c3ccc(C(O)(C(F)(F)F)C(F)(F)F)cc3)cc2)[C@@H]1OC. The van der Waals surface area contributed by atoms with Gasteiger partial charge in [0.25, 0.3) is 11.9 Å². The van der Waals surface area contributed by atoms with E-state index in [1.807, 2.05) is 13.8 Å². The van der Waals surface area contributed by atoms with Crippen LogP contribution >= 0.6 is 0 Å². The van der Waals surface area contributed by atoms with Crippen LogP contribution in [-0.4, -0.2) is 75.2 Å². The Morgan fingerprint density at radius 2 is 1.29 bits per heavy atom. The number of hydrogen-bond acceptors (Lipinski definition) is 7. The first-order valence-electron chi connectivity index (χ1n) is 12.5. The van der Waals surface area contributed by atoms with Gasteiger partial charge in [-0.25, -0.2) is 0 Å². The maximum absolute atomic E-state index is 13.1. The van der Waals surface area contributed by atoms with E-state index in [1.54, 1.807) is 37.5 Å². The average Bonchev–Trinajstić information content (AvgIpc) is 2.91. The zero-order valence-corrected chi connectivity index (χ0v) is 22.6. The van der Waals surface area contributed by atoms with Crippen molar-refractivity contribution in [3.63, 3.8) is 0 Å². The van der Waals surface area contributed by atoms with Crippen LogP contribution in [0.5, 0.6) is 0 Å². The third-order valence-electron chi connectivity index (χ3n) is 6.55. The number of alkyl halides is 6. The molecule has 2 aromatic carbocycles. The fourth-order valence-corrected chi connectivity index (χ4v) is 4.37. The molecule has 0 unspecified atom stereocenters. The second-order valence-corrected chi connectivity index (χ2v) is 9.20. The van der Waals surface area contributed by atoms with Crippen molar-refractivity contribution in [2.24, 2.45) is 5.16 Å².